The van der Waals surface area contributed by atoms with Crippen molar-refractivity contribution in [1.82, 2.24) is 4.98 Å². The topological polar surface area (TPSA) is 12.9 Å². The fraction of sp³-hybridized carbons (Fsp3) is 0.160. The third-order valence-electron chi connectivity index (χ3n) is 5.44. The smallest absolute Gasteiger partial charge is 0.0167 e. The maximum atomic E-state index is 4.67. The Labute approximate surface area is 174 Å². The molecule has 0 unspecified atom stereocenters. The van der Waals surface area contributed by atoms with E-state index in [1.54, 1.807) is 0 Å². The molecular formula is C25H22IrN-. The maximum Gasteiger partial charge on any atom is 0.0167 e. The van der Waals surface area contributed by atoms with Gasteiger partial charge in [0.05, 0.1) is 0 Å². The minimum Gasteiger partial charge on any atom is -0.304 e. The number of nitrogens with zero attached hydrogens (tertiary/aromatic N) is 1. The van der Waals surface area contributed by atoms with E-state index >= 15 is 0 Å². The van der Waals surface area contributed by atoms with Crippen LogP contribution in [0.2, 0.25) is 0 Å². The zero-order valence-corrected chi connectivity index (χ0v) is 17.1. The summed E-state index contributed by atoms with van der Waals surface area (Å²) in [4.78, 5) is 4.67. The second kappa shape index (κ2) is 7.03. The minimum absolute atomic E-state index is 0. The summed E-state index contributed by atoms with van der Waals surface area (Å²) in [6.07, 6.45) is 1.89. The molecule has 0 saturated carbocycles. The molecule has 1 nitrogen and oxygen atoms in total. The number of hydrogen-bond acceptors (Lipinski definition) is 1. The first kappa shape index (κ1) is 19.5. The van der Waals surface area contributed by atoms with Crippen LogP contribution < -0.4 is 0 Å². The van der Waals surface area contributed by atoms with Crippen LogP contribution in [0, 0.1) is 6.07 Å². The monoisotopic (exact) mass is 529 g/mol. The second-order valence-corrected chi connectivity index (χ2v) is 7.23. The van der Waals surface area contributed by atoms with Gasteiger partial charge in [-0.1, -0.05) is 80.9 Å². The molecule has 0 aliphatic heterocycles. The molecule has 27 heavy (non-hydrogen) atoms. The molecule has 0 bridgehead atoms. The molecular weight excluding hydrogens is 506 g/mol. The summed E-state index contributed by atoms with van der Waals surface area (Å²) in [5, 5.41) is 2.39. The van der Waals surface area contributed by atoms with Gasteiger partial charge in [0.1, 0.15) is 0 Å². The molecule has 0 atom stereocenters. The van der Waals surface area contributed by atoms with E-state index in [9.17, 15) is 0 Å². The van der Waals surface area contributed by atoms with Gasteiger partial charge in [-0.15, -0.1) is 29.3 Å². The summed E-state index contributed by atoms with van der Waals surface area (Å²) in [5.74, 6) is 0. The van der Waals surface area contributed by atoms with Crippen molar-refractivity contribution in [2.45, 2.75) is 26.7 Å². The zero-order chi connectivity index (χ0) is 17.0. The van der Waals surface area contributed by atoms with Gasteiger partial charge in [-0.25, -0.2) is 0 Å². The summed E-state index contributed by atoms with van der Waals surface area (Å²) < 4.78 is 0. The summed E-state index contributed by atoms with van der Waals surface area (Å²) >= 11 is 0. The van der Waals surface area contributed by atoms with Gasteiger partial charge in [-0.2, -0.15) is 0 Å². The van der Waals surface area contributed by atoms with E-state index in [4.69, 9.17) is 0 Å². The summed E-state index contributed by atoms with van der Waals surface area (Å²) in [6, 6.07) is 27.1. The third kappa shape index (κ3) is 2.84. The fourth-order valence-electron chi connectivity index (χ4n) is 4.11. The second-order valence-electron chi connectivity index (χ2n) is 7.23. The Morgan fingerprint density at radius 1 is 0.852 bits per heavy atom. The van der Waals surface area contributed by atoms with Crippen LogP contribution in [0.1, 0.15) is 32.4 Å². The molecule has 1 radical (unpaired) electrons. The number of hydrogen-bond donors (Lipinski definition) is 0. The summed E-state index contributed by atoms with van der Waals surface area (Å²) in [6.45, 7) is 4.61. The van der Waals surface area contributed by atoms with Crippen molar-refractivity contribution in [3.63, 3.8) is 0 Å². The molecule has 1 heterocycles. The molecule has 4 aromatic rings. The van der Waals surface area contributed by atoms with Crippen LogP contribution in [0.5, 0.6) is 0 Å². The normalized spacial score (nSPS) is 13.3. The summed E-state index contributed by atoms with van der Waals surface area (Å²) in [5.41, 5.74) is 7.45. The molecule has 0 spiro atoms. The van der Waals surface area contributed by atoms with E-state index in [0.29, 0.717) is 0 Å². The quantitative estimate of drug-likeness (QED) is 0.252. The minimum atomic E-state index is 0. The van der Waals surface area contributed by atoms with Gasteiger partial charge in [0.25, 0.3) is 0 Å². The number of aromatic nitrogens is 1. The van der Waals surface area contributed by atoms with Crippen molar-refractivity contribution in [2.24, 2.45) is 0 Å². The SMILES string of the molecule is C.CC1(C)c2ccccc2-c2c[c-]c(-c3nccc4ccccc34)cc21.[Ir]. The van der Waals surface area contributed by atoms with Crippen molar-refractivity contribution in [2.75, 3.05) is 0 Å². The number of rotatable bonds is 1. The summed E-state index contributed by atoms with van der Waals surface area (Å²) in [7, 11) is 0. The first-order chi connectivity index (χ1) is 12.2. The predicted octanol–water partition coefficient (Wildman–Crippen LogP) is 6.64. The molecule has 1 aromatic heterocycles. The largest absolute Gasteiger partial charge is 0.304 e. The van der Waals surface area contributed by atoms with Crippen molar-refractivity contribution in [3.05, 3.63) is 90.1 Å². The Bertz CT molecular complexity index is 1120. The van der Waals surface area contributed by atoms with E-state index in [-0.39, 0.29) is 32.9 Å². The number of fused-ring (bicyclic) bond motifs is 4. The van der Waals surface area contributed by atoms with Gasteiger partial charge in [0.2, 0.25) is 0 Å². The zero-order valence-electron chi connectivity index (χ0n) is 14.7. The first-order valence-corrected chi connectivity index (χ1v) is 8.66. The van der Waals surface area contributed by atoms with Crippen LogP contribution in [0.15, 0.2) is 72.9 Å². The predicted molar refractivity (Wildman–Crippen MR) is 110 cm³/mol. The molecule has 0 saturated heterocycles. The van der Waals surface area contributed by atoms with Crippen molar-refractivity contribution in [3.8, 4) is 22.4 Å². The molecule has 0 fully saturated rings. The van der Waals surface area contributed by atoms with Crippen LogP contribution in [0.3, 0.4) is 0 Å². The molecule has 0 amide bonds. The van der Waals surface area contributed by atoms with Gasteiger partial charge in [-0.3, -0.25) is 0 Å². The molecule has 2 heteroatoms. The van der Waals surface area contributed by atoms with Crippen molar-refractivity contribution in [1.29, 1.82) is 0 Å². The standard InChI is InChI=1S/C24H18N.CH4.Ir/c1-24(2)21-10-6-5-9-19(21)20-12-11-17(15-22(20)24)23-18-8-4-3-7-16(18)13-14-25-23;;/h3-10,12-15H,1-2H3;1H4;/q-1;;. The third-order valence-corrected chi connectivity index (χ3v) is 5.44. The average molecular weight is 529 g/mol. The Hall–Kier alpha value is -2.28. The number of benzene rings is 3. The van der Waals surface area contributed by atoms with E-state index in [1.807, 2.05) is 6.20 Å². The fourth-order valence-corrected chi connectivity index (χ4v) is 4.11. The molecule has 1 aliphatic rings. The van der Waals surface area contributed by atoms with Crippen molar-refractivity contribution < 1.29 is 20.1 Å². The first-order valence-electron chi connectivity index (χ1n) is 8.66. The molecule has 5 rings (SSSR count). The number of pyridine rings is 1. The molecule has 137 valence electrons. The van der Waals surface area contributed by atoms with E-state index in [1.165, 1.54) is 33.0 Å². The molecule has 1 aliphatic carbocycles. The van der Waals surface area contributed by atoms with Crippen molar-refractivity contribution >= 4 is 10.8 Å². The van der Waals surface area contributed by atoms with Gasteiger partial charge in [0.15, 0.2) is 0 Å². The van der Waals surface area contributed by atoms with Crippen LogP contribution in [-0.2, 0) is 25.5 Å². The molecule has 0 N–H and O–H groups in total. The maximum absolute atomic E-state index is 4.67. The van der Waals surface area contributed by atoms with E-state index < -0.39 is 0 Å². The van der Waals surface area contributed by atoms with E-state index in [0.717, 1.165) is 11.3 Å². The van der Waals surface area contributed by atoms with Crippen LogP contribution in [0.4, 0.5) is 0 Å². The Kier molecular flexibility index (Phi) is 5.08. The van der Waals surface area contributed by atoms with Crippen LogP contribution in [0.25, 0.3) is 33.2 Å². The van der Waals surface area contributed by atoms with Crippen LogP contribution >= 0.6 is 0 Å². The molecule has 3 aromatic carbocycles. The Morgan fingerprint density at radius 2 is 1.59 bits per heavy atom. The Morgan fingerprint density at radius 3 is 2.44 bits per heavy atom. The van der Waals surface area contributed by atoms with Gasteiger partial charge >= 0.3 is 0 Å². The Balaban J connectivity index is 0.00000105. The van der Waals surface area contributed by atoms with Gasteiger partial charge in [-0.05, 0) is 33.5 Å². The van der Waals surface area contributed by atoms with Gasteiger partial charge < -0.3 is 4.98 Å². The van der Waals surface area contributed by atoms with Crippen LogP contribution in [-0.4, -0.2) is 4.98 Å². The van der Waals surface area contributed by atoms with Gasteiger partial charge in [0, 0.05) is 26.3 Å². The average Bonchev–Trinajstić information content (AvgIpc) is 2.89. The van der Waals surface area contributed by atoms with E-state index in [2.05, 4.69) is 91.6 Å².